The highest BCUT2D eigenvalue weighted by atomic mass is 16.6. The summed E-state index contributed by atoms with van der Waals surface area (Å²) in [7, 11) is 0. The number of benzene rings is 3. The van der Waals surface area contributed by atoms with Crippen LogP contribution in [0.2, 0.25) is 0 Å². The first-order chi connectivity index (χ1) is 16.9. The molecule has 180 valence electrons. The highest BCUT2D eigenvalue weighted by Gasteiger charge is 2.53. The number of fused-ring (bicyclic) bond motifs is 6. The van der Waals surface area contributed by atoms with Crippen molar-refractivity contribution in [1.29, 1.82) is 0 Å². The zero-order valence-corrected chi connectivity index (χ0v) is 19.5. The maximum Gasteiger partial charge on any atom is 0.340 e. The van der Waals surface area contributed by atoms with Gasteiger partial charge in [-0.3, -0.25) is 4.79 Å². The third kappa shape index (κ3) is 3.97. The lowest BCUT2D eigenvalue weighted by atomic mass is 9.77. The van der Waals surface area contributed by atoms with Crippen LogP contribution in [0.5, 0.6) is 23.0 Å². The molecular formula is C28H27NO6. The summed E-state index contributed by atoms with van der Waals surface area (Å²) in [5.41, 5.74) is 1.28. The second kappa shape index (κ2) is 8.98. The van der Waals surface area contributed by atoms with Crippen LogP contribution in [0.1, 0.15) is 72.5 Å². The van der Waals surface area contributed by atoms with Gasteiger partial charge in [-0.1, -0.05) is 38.7 Å². The number of carbonyl (C=O) groups excluding carboxylic acids is 2. The van der Waals surface area contributed by atoms with Crippen molar-refractivity contribution in [2.45, 2.75) is 51.0 Å². The summed E-state index contributed by atoms with van der Waals surface area (Å²) in [6, 6.07) is 14.4. The van der Waals surface area contributed by atoms with Crippen molar-refractivity contribution in [2.24, 2.45) is 0 Å². The van der Waals surface area contributed by atoms with E-state index >= 15 is 0 Å². The lowest BCUT2D eigenvalue weighted by Gasteiger charge is -2.36. The summed E-state index contributed by atoms with van der Waals surface area (Å²) in [6.07, 6.45) is 5.73. The molecule has 1 amide bonds. The van der Waals surface area contributed by atoms with Crippen LogP contribution in [-0.4, -0.2) is 22.1 Å². The first kappa shape index (κ1) is 22.8. The van der Waals surface area contributed by atoms with Crippen molar-refractivity contribution in [1.82, 2.24) is 0 Å². The number of aromatic hydroxyl groups is 2. The standard InChI is InChI=1S/C28H27NO6/c1-2-3-4-5-6-7-26(32)29-17-8-11-21-20(14-17)27(33)35-28(21)22-12-9-18(30)15-24(22)34-25-16-19(31)10-13-23(25)28/h8-16,30-31H,2-7H2,1H3,(H,29,32). The summed E-state index contributed by atoms with van der Waals surface area (Å²) >= 11 is 0. The van der Waals surface area contributed by atoms with E-state index in [2.05, 4.69) is 12.2 Å². The van der Waals surface area contributed by atoms with Crippen molar-refractivity contribution < 1.29 is 29.3 Å². The van der Waals surface area contributed by atoms with Gasteiger partial charge in [-0.05, 0) is 42.8 Å². The number of hydrogen-bond acceptors (Lipinski definition) is 6. The molecule has 0 fully saturated rings. The SMILES string of the molecule is CCCCCCCC(=O)Nc1ccc2c(c1)C(=O)OC21c2ccc(O)cc2Oc2cc(O)ccc21. The minimum absolute atomic E-state index is 0.000181. The van der Waals surface area contributed by atoms with Crippen LogP contribution in [-0.2, 0) is 15.1 Å². The van der Waals surface area contributed by atoms with Crippen LogP contribution in [0.4, 0.5) is 5.69 Å². The number of nitrogens with one attached hydrogen (secondary N) is 1. The van der Waals surface area contributed by atoms with Gasteiger partial charge in [0, 0.05) is 40.9 Å². The molecule has 0 aromatic heterocycles. The molecule has 35 heavy (non-hydrogen) atoms. The number of anilines is 1. The summed E-state index contributed by atoms with van der Waals surface area (Å²) in [5.74, 6) is 0.0267. The fourth-order valence-corrected chi connectivity index (χ4v) is 4.90. The summed E-state index contributed by atoms with van der Waals surface area (Å²) < 4.78 is 12.0. The molecule has 7 nitrogen and oxygen atoms in total. The van der Waals surface area contributed by atoms with E-state index in [1.165, 1.54) is 30.7 Å². The Morgan fingerprint density at radius 2 is 1.49 bits per heavy atom. The first-order valence-electron chi connectivity index (χ1n) is 11.9. The number of ether oxygens (including phenoxy) is 2. The maximum absolute atomic E-state index is 13.1. The van der Waals surface area contributed by atoms with E-state index < -0.39 is 11.6 Å². The molecule has 2 aliphatic rings. The van der Waals surface area contributed by atoms with E-state index in [1.54, 1.807) is 30.3 Å². The zero-order valence-electron chi connectivity index (χ0n) is 19.5. The third-order valence-electron chi connectivity index (χ3n) is 6.56. The Morgan fingerprint density at radius 3 is 2.14 bits per heavy atom. The smallest absolute Gasteiger partial charge is 0.340 e. The molecular weight excluding hydrogens is 446 g/mol. The van der Waals surface area contributed by atoms with Crippen LogP contribution in [0.25, 0.3) is 0 Å². The average molecular weight is 474 g/mol. The number of carbonyl (C=O) groups is 2. The van der Waals surface area contributed by atoms with Gasteiger partial charge in [-0.15, -0.1) is 0 Å². The first-order valence-corrected chi connectivity index (χ1v) is 11.9. The molecule has 0 bridgehead atoms. The Balaban J connectivity index is 1.50. The van der Waals surface area contributed by atoms with Crippen molar-refractivity contribution in [3.8, 4) is 23.0 Å². The van der Waals surface area contributed by atoms with E-state index in [-0.39, 0.29) is 17.4 Å². The number of esters is 1. The van der Waals surface area contributed by atoms with E-state index in [0.717, 1.165) is 25.7 Å². The summed E-state index contributed by atoms with van der Waals surface area (Å²) in [4.78, 5) is 25.6. The molecule has 0 atom stereocenters. The molecule has 5 rings (SSSR count). The molecule has 7 heteroatoms. The van der Waals surface area contributed by atoms with Gasteiger partial charge in [0.1, 0.15) is 23.0 Å². The second-order valence-corrected chi connectivity index (χ2v) is 9.01. The van der Waals surface area contributed by atoms with Crippen LogP contribution in [0.3, 0.4) is 0 Å². The lowest BCUT2D eigenvalue weighted by molar-refractivity contribution is -0.116. The predicted molar refractivity (Wildman–Crippen MR) is 130 cm³/mol. The van der Waals surface area contributed by atoms with Gasteiger partial charge in [0.25, 0.3) is 0 Å². The number of rotatable bonds is 7. The molecule has 0 saturated carbocycles. The Bertz CT molecular complexity index is 1260. The second-order valence-electron chi connectivity index (χ2n) is 9.01. The highest BCUT2D eigenvalue weighted by Crippen LogP contribution is 2.57. The molecule has 2 heterocycles. The van der Waals surface area contributed by atoms with Gasteiger partial charge in [0.15, 0.2) is 5.60 Å². The predicted octanol–water partition coefficient (Wildman–Crippen LogP) is 5.96. The molecule has 3 aromatic rings. The third-order valence-corrected chi connectivity index (χ3v) is 6.56. The van der Waals surface area contributed by atoms with E-state index in [9.17, 15) is 19.8 Å². The molecule has 2 aliphatic heterocycles. The van der Waals surface area contributed by atoms with Gasteiger partial charge in [-0.2, -0.15) is 0 Å². The highest BCUT2D eigenvalue weighted by molar-refractivity contribution is 5.99. The number of phenolic OH excluding ortho intramolecular Hbond substituents is 2. The van der Waals surface area contributed by atoms with E-state index in [0.29, 0.717) is 45.9 Å². The minimum atomic E-state index is -1.31. The molecule has 3 N–H and O–H groups in total. The molecule has 0 saturated heterocycles. The minimum Gasteiger partial charge on any atom is -0.508 e. The van der Waals surface area contributed by atoms with E-state index in [4.69, 9.17) is 9.47 Å². The molecule has 0 unspecified atom stereocenters. The topological polar surface area (TPSA) is 105 Å². The van der Waals surface area contributed by atoms with Crippen LogP contribution in [0, 0.1) is 0 Å². The molecule has 1 spiro atoms. The molecule has 0 radical (unpaired) electrons. The van der Waals surface area contributed by atoms with Gasteiger partial charge in [0.2, 0.25) is 5.91 Å². The lowest BCUT2D eigenvalue weighted by Crippen LogP contribution is -2.32. The Morgan fingerprint density at radius 1 is 0.857 bits per heavy atom. The zero-order chi connectivity index (χ0) is 24.6. The fourth-order valence-electron chi connectivity index (χ4n) is 4.90. The molecule has 3 aromatic carbocycles. The number of hydrogen-bond donors (Lipinski definition) is 3. The number of phenols is 2. The van der Waals surface area contributed by atoms with Gasteiger partial charge >= 0.3 is 5.97 Å². The summed E-state index contributed by atoms with van der Waals surface area (Å²) in [6.45, 7) is 2.15. The van der Waals surface area contributed by atoms with Crippen molar-refractivity contribution in [3.63, 3.8) is 0 Å². The maximum atomic E-state index is 13.1. The van der Waals surface area contributed by atoms with Crippen molar-refractivity contribution in [3.05, 3.63) is 76.9 Å². The van der Waals surface area contributed by atoms with Crippen LogP contribution < -0.4 is 10.1 Å². The quantitative estimate of drug-likeness (QED) is 0.289. The number of unbranched alkanes of at least 4 members (excludes halogenated alkanes) is 4. The van der Waals surface area contributed by atoms with Gasteiger partial charge in [0.05, 0.1) is 5.56 Å². The Kier molecular flexibility index (Phi) is 5.84. The largest absolute Gasteiger partial charge is 0.508 e. The molecule has 0 aliphatic carbocycles. The number of amides is 1. The Hall–Kier alpha value is -4.00. The monoisotopic (exact) mass is 473 g/mol. The van der Waals surface area contributed by atoms with Gasteiger partial charge < -0.3 is 25.0 Å². The van der Waals surface area contributed by atoms with Gasteiger partial charge in [-0.25, -0.2) is 4.79 Å². The normalized spacial score (nSPS) is 14.5. The van der Waals surface area contributed by atoms with E-state index in [1.807, 2.05) is 0 Å². The van der Waals surface area contributed by atoms with Crippen molar-refractivity contribution >= 4 is 17.6 Å². The fraction of sp³-hybridized carbons (Fsp3) is 0.286. The van der Waals surface area contributed by atoms with Crippen LogP contribution >= 0.6 is 0 Å². The average Bonchev–Trinajstić information content (AvgIpc) is 3.11. The Labute approximate surface area is 203 Å². The van der Waals surface area contributed by atoms with Crippen molar-refractivity contribution in [2.75, 3.05) is 5.32 Å². The van der Waals surface area contributed by atoms with Crippen LogP contribution in [0.15, 0.2) is 54.6 Å². The summed E-state index contributed by atoms with van der Waals surface area (Å²) in [5, 5.41) is 22.9.